The van der Waals surface area contributed by atoms with Gasteiger partial charge in [0.2, 0.25) is 5.91 Å². The third-order valence-corrected chi connectivity index (χ3v) is 6.47. The maximum atomic E-state index is 11.1. The zero-order chi connectivity index (χ0) is 22.2. The predicted octanol–water partition coefficient (Wildman–Crippen LogP) is 3.33. The minimum absolute atomic E-state index is 0.0123. The number of rotatable bonds is 9. The molecule has 0 bridgehead atoms. The van der Waals surface area contributed by atoms with Crippen molar-refractivity contribution in [3.63, 3.8) is 0 Å². The van der Waals surface area contributed by atoms with E-state index in [4.69, 9.17) is 14.6 Å². The Balaban J connectivity index is 1.79. The standard InChI is InChI=1S/C24H31NO5S/c1-16-22(15-31-12-11-26)29-24(21-9-3-18(4-10-21)13-25-17(2)28)30-23(16)20-7-5-19(14-27)6-8-20/h3-10,16,22-24,26-27H,11-15H2,1-2H3,(H,25,28)/t16-,22+,23+,24+/m1/s1. The van der Waals surface area contributed by atoms with E-state index >= 15 is 0 Å². The summed E-state index contributed by atoms with van der Waals surface area (Å²) < 4.78 is 12.7. The van der Waals surface area contributed by atoms with Crippen molar-refractivity contribution in [1.82, 2.24) is 5.32 Å². The first-order chi connectivity index (χ1) is 15.0. The van der Waals surface area contributed by atoms with Crippen molar-refractivity contribution in [3.8, 4) is 0 Å². The number of amides is 1. The van der Waals surface area contributed by atoms with E-state index in [2.05, 4.69) is 12.2 Å². The highest BCUT2D eigenvalue weighted by molar-refractivity contribution is 7.99. The third kappa shape index (κ3) is 6.54. The highest BCUT2D eigenvalue weighted by atomic mass is 32.2. The number of aliphatic hydroxyl groups excluding tert-OH is 2. The number of nitrogens with one attached hydrogen (secondary N) is 1. The molecule has 1 aliphatic rings. The zero-order valence-electron chi connectivity index (χ0n) is 18.0. The van der Waals surface area contributed by atoms with E-state index in [-0.39, 0.29) is 37.2 Å². The minimum atomic E-state index is -0.506. The largest absolute Gasteiger partial charge is 0.396 e. The summed E-state index contributed by atoms with van der Waals surface area (Å²) in [5.74, 6) is 1.51. The van der Waals surface area contributed by atoms with Gasteiger partial charge < -0.3 is 25.0 Å². The van der Waals surface area contributed by atoms with Crippen LogP contribution in [0.1, 0.15) is 48.5 Å². The second kappa shape index (κ2) is 11.6. The first-order valence-corrected chi connectivity index (χ1v) is 11.7. The lowest BCUT2D eigenvalue weighted by Crippen LogP contribution is -2.38. The van der Waals surface area contributed by atoms with E-state index in [1.807, 2.05) is 48.5 Å². The van der Waals surface area contributed by atoms with Crippen LogP contribution in [-0.4, -0.2) is 40.3 Å². The second-order valence-corrected chi connectivity index (χ2v) is 8.92. The van der Waals surface area contributed by atoms with Gasteiger partial charge in [-0.15, -0.1) is 0 Å². The number of carbonyl (C=O) groups excluding carboxylic acids is 1. The summed E-state index contributed by atoms with van der Waals surface area (Å²) in [4.78, 5) is 11.1. The number of carbonyl (C=O) groups is 1. The van der Waals surface area contributed by atoms with Crippen LogP contribution in [0.2, 0.25) is 0 Å². The van der Waals surface area contributed by atoms with Crippen LogP contribution in [0, 0.1) is 5.92 Å². The Morgan fingerprint density at radius 2 is 1.65 bits per heavy atom. The molecular weight excluding hydrogens is 414 g/mol. The molecule has 0 spiro atoms. The van der Waals surface area contributed by atoms with Crippen molar-refractivity contribution in [3.05, 3.63) is 70.8 Å². The Bertz CT molecular complexity index is 827. The lowest BCUT2D eigenvalue weighted by atomic mass is 9.91. The molecule has 31 heavy (non-hydrogen) atoms. The quantitative estimate of drug-likeness (QED) is 0.513. The van der Waals surface area contributed by atoms with Gasteiger partial charge in [0.15, 0.2) is 6.29 Å². The number of ether oxygens (including phenoxy) is 2. The first kappa shape index (κ1) is 23.8. The molecule has 0 aliphatic carbocycles. The molecule has 0 aromatic heterocycles. The summed E-state index contributed by atoms with van der Waals surface area (Å²) in [6.07, 6.45) is -0.685. The maximum absolute atomic E-state index is 11.1. The monoisotopic (exact) mass is 445 g/mol. The highest BCUT2D eigenvalue weighted by Gasteiger charge is 2.38. The van der Waals surface area contributed by atoms with Gasteiger partial charge in [-0.3, -0.25) is 4.79 Å². The van der Waals surface area contributed by atoms with Crippen molar-refractivity contribution >= 4 is 17.7 Å². The number of aliphatic hydroxyl groups is 2. The van der Waals surface area contributed by atoms with Crippen molar-refractivity contribution in [2.24, 2.45) is 5.92 Å². The fourth-order valence-electron chi connectivity index (χ4n) is 3.59. The number of hydrogen-bond donors (Lipinski definition) is 3. The maximum Gasteiger partial charge on any atom is 0.217 e. The van der Waals surface area contributed by atoms with Gasteiger partial charge in [-0.25, -0.2) is 0 Å². The van der Waals surface area contributed by atoms with Crippen LogP contribution in [0.25, 0.3) is 0 Å². The van der Waals surface area contributed by atoms with Crippen LogP contribution >= 0.6 is 11.8 Å². The van der Waals surface area contributed by atoms with E-state index in [1.165, 1.54) is 6.92 Å². The minimum Gasteiger partial charge on any atom is -0.396 e. The van der Waals surface area contributed by atoms with Crippen molar-refractivity contribution in [1.29, 1.82) is 0 Å². The van der Waals surface area contributed by atoms with Crippen LogP contribution in [0.15, 0.2) is 48.5 Å². The Labute approximate surface area is 188 Å². The topological polar surface area (TPSA) is 88.0 Å². The molecule has 3 N–H and O–H groups in total. The molecule has 168 valence electrons. The van der Waals surface area contributed by atoms with Crippen LogP contribution in [-0.2, 0) is 27.4 Å². The molecule has 6 nitrogen and oxygen atoms in total. The summed E-state index contributed by atoms with van der Waals surface area (Å²) >= 11 is 1.67. The molecule has 1 fully saturated rings. The molecule has 2 aromatic carbocycles. The molecule has 1 aliphatic heterocycles. The summed E-state index contributed by atoms with van der Waals surface area (Å²) in [6.45, 7) is 4.27. The van der Waals surface area contributed by atoms with Crippen LogP contribution in [0.3, 0.4) is 0 Å². The second-order valence-electron chi connectivity index (χ2n) is 7.77. The van der Waals surface area contributed by atoms with Crippen molar-refractivity contribution < 1.29 is 24.5 Å². The summed E-state index contributed by atoms with van der Waals surface area (Å²) in [6, 6.07) is 15.7. The van der Waals surface area contributed by atoms with Gasteiger partial charge in [0, 0.05) is 36.5 Å². The van der Waals surface area contributed by atoms with E-state index < -0.39 is 6.29 Å². The number of benzene rings is 2. The molecule has 4 atom stereocenters. The number of hydrogen-bond acceptors (Lipinski definition) is 6. The SMILES string of the molecule is CC(=O)NCc1ccc([C@H]2O[C@@H](CSCCO)[C@@H](C)[C@@H](c3ccc(CO)cc3)O2)cc1. The third-order valence-electron chi connectivity index (χ3n) is 5.43. The first-order valence-electron chi connectivity index (χ1n) is 10.5. The molecule has 1 amide bonds. The molecule has 0 radical (unpaired) electrons. The Morgan fingerprint density at radius 3 is 2.26 bits per heavy atom. The van der Waals surface area contributed by atoms with E-state index in [9.17, 15) is 9.90 Å². The Kier molecular flexibility index (Phi) is 8.92. The Morgan fingerprint density at radius 1 is 1.00 bits per heavy atom. The van der Waals surface area contributed by atoms with E-state index in [0.717, 1.165) is 28.0 Å². The van der Waals surface area contributed by atoms with E-state index in [1.54, 1.807) is 11.8 Å². The molecule has 7 heteroatoms. The average Bonchev–Trinajstić information content (AvgIpc) is 2.79. The predicted molar refractivity (Wildman–Crippen MR) is 121 cm³/mol. The van der Waals surface area contributed by atoms with Crippen LogP contribution in [0.4, 0.5) is 0 Å². The number of thioether (sulfide) groups is 1. The summed E-state index contributed by atoms with van der Waals surface area (Å²) in [7, 11) is 0. The molecule has 3 rings (SSSR count). The molecule has 2 aromatic rings. The van der Waals surface area contributed by atoms with Crippen molar-refractivity contribution in [2.75, 3.05) is 18.1 Å². The molecule has 1 saturated heterocycles. The molecular formula is C24H31NO5S. The van der Waals surface area contributed by atoms with Crippen LogP contribution < -0.4 is 5.32 Å². The average molecular weight is 446 g/mol. The lowest BCUT2D eigenvalue weighted by molar-refractivity contribution is -0.268. The molecule has 0 saturated carbocycles. The van der Waals surface area contributed by atoms with Gasteiger partial charge in [0.05, 0.1) is 25.4 Å². The van der Waals surface area contributed by atoms with Gasteiger partial charge in [0.25, 0.3) is 0 Å². The molecule has 1 heterocycles. The van der Waals surface area contributed by atoms with Gasteiger partial charge >= 0.3 is 0 Å². The van der Waals surface area contributed by atoms with Gasteiger partial charge in [-0.2, -0.15) is 11.8 Å². The van der Waals surface area contributed by atoms with Gasteiger partial charge in [0.1, 0.15) is 0 Å². The highest BCUT2D eigenvalue weighted by Crippen LogP contribution is 2.42. The summed E-state index contributed by atoms with van der Waals surface area (Å²) in [5.41, 5.74) is 3.85. The van der Waals surface area contributed by atoms with Crippen molar-refractivity contribution in [2.45, 2.75) is 45.5 Å². The molecule has 0 unspecified atom stereocenters. The van der Waals surface area contributed by atoms with Crippen LogP contribution in [0.5, 0.6) is 0 Å². The smallest absolute Gasteiger partial charge is 0.217 e. The van der Waals surface area contributed by atoms with Gasteiger partial charge in [-0.05, 0) is 16.7 Å². The normalized spacial score (nSPS) is 23.5. The Hall–Kier alpha value is -1.90. The zero-order valence-corrected chi connectivity index (χ0v) is 18.8. The van der Waals surface area contributed by atoms with Gasteiger partial charge in [-0.1, -0.05) is 55.5 Å². The fourth-order valence-corrected chi connectivity index (χ4v) is 4.50. The van der Waals surface area contributed by atoms with E-state index in [0.29, 0.717) is 12.3 Å². The fraction of sp³-hybridized carbons (Fsp3) is 0.458. The summed E-state index contributed by atoms with van der Waals surface area (Å²) in [5, 5.41) is 21.3. The lowest BCUT2D eigenvalue weighted by Gasteiger charge is -2.41.